The Morgan fingerprint density at radius 3 is 2.81 bits per heavy atom. The van der Waals surface area contributed by atoms with E-state index in [2.05, 4.69) is 4.72 Å². The first-order valence-corrected chi connectivity index (χ1v) is 8.85. The molecule has 3 N–H and O–H groups in total. The van der Waals surface area contributed by atoms with Crippen molar-refractivity contribution in [1.29, 1.82) is 0 Å². The number of ether oxygens (including phenoxy) is 1. The fourth-order valence-electron chi connectivity index (χ4n) is 3.44. The van der Waals surface area contributed by atoms with Crippen molar-refractivity contribution in [1.82, 2.24) is 4.72 Å². The van der Waals surface area contributed by atoms with Crippen LogP contribution in [0.3, 0.4) is 0 Å². The molecule has 21 heavy (non-hydrogen) atoms. The minimum atomic E-state index is -3.56. The van der Waals surface area contributed by atoms with Crippen molar-refractivity contribution < 1.29 is 13.2 Å². The Labute approximate surface area is 125 Å². The summed E-state index contributed by atoms with van der Waals surface area (Å²) in [5.41, 5.74) is 7.91. The lowest BCUT2D eigenvalue weighted by molar-refractivity contribution is -0.114. The molecule has 2 fully saturated rings. The molecule has 4 atom stereocenters. The van der Waals surface area contributed by atoms with E-state index in [1.807, 2.05) is 26.0 Å². The highest BCUT2D eigenvalue weighted by Gasteiger charge is 2.51. The van der Waals surface area contributed by atoms with Gasteiger partial charge in [0.15, 0.2) is 0 Å². The summed E-state index contributed by atoms with van der Waals surface area (Å²) < 4.78 is 33.6. The Hall–Kier alpha value is -0.950. The first-order chi connectivity index (χ1) is 9.90. The molecule has 1 aliphatic carbocycles. The third-order valence-electron chi connectivity index (χ3n) is 4.59. The molecule has 5 nitrogen and oxygen atoms in total. The van der Waals surface area contributed by atoms with Gasteiger partial charge in [0.25, 0.3) is 0 Å². The summed E-state index contributed by atoms with van der Waals surface area (Å²) in [7, 11) is -3.56. The lowest BCUT2D eigenvalue weighted by atomic mass is 9.69. The zero-order valence-electron chi connectivity index (χ0n) is 12.4. The quantitative estimate of drug-likeness (QED) is 0.875. The fourth-order valence-corrected chi connectivity index (χ4v) is 4.94. The Morgan fingerprint density at radius 1 is 1.33 bits per heavy atom. The number of rotatable bonds is 3. The lowest BCUT2D eigenvalue weighted by Crippen LogP contribution is -2.71. The molecule has 0 aromatic heterocycles. The van der Waals surface area contributed by atoms with E-state index < -0.39 is 10.0 Å². The Kier molecular flexibility index (Phi) is 3.81. The van der Waals surface area contributed by atoms with Crippen LogP contribution in [0.15, 0.2) is 23.1 Å². The summed E-state index contributed by atoms with van der Waals surface area (Å²) in [6.45, 7) is 4.44. The van der Waals surface area contributed by atoms with E-state index >= 15 is 0 Å². The molecule has 1 aromatic rings. The van der Waals surface area contributed by atoms with Crippen LogP contribution in [-0.2, 0) is 14.8 Å². The van der Waals surface area contributed by atoms with Crippen molar-refractivity contribution in [3.8, 4) is 0 Å². The number of aryl methyl sites for hydroxylation is 2. The zero-order valence-corrected chi connectivity index (χ0v) is 13.2. The maximum Gasteiger partial charge on any atom is 0.241 e. The predicted molar refractivity (Wildman–Crippen MR) is 80.5 cm³/mol. The molecule has 2 aliphatic rings. The summed E-state index contributed by atoms with van der Waals surface area (Å²) in [5, 5.41) is 0. The van der Waals surface area contributed by atoms with Crippen LogP contribution in [0, 0.1) is 19.8 Å². The molecule has 1 saturated heterocycles. The molecule has 1 saturated carbocycles. The molecule has 116 valence electrons. The van der Waals surface area contributed by atoms with Gasteiger partial charge in [-0.05, 0) is 38.3 Å². The molecule has 0 radical (unpaired) electrons. The Bertz CT molecular complexity index is 644. The molecule has 1 heterocycles. The van der Waals surface area contributed by atoms with Gasteiger partial charge >= 0.3 is 0 Å². The molecule has 0 amide bonds. The Balaban J connectivity index is 1.80. The molecule has 1 aliphatic heterocycles. The summed E-state index contributed by atoms with van der Waals surface area (Å²) in [4.78, 5) is 0.319. The number of sulfonamides is 1. The van der Waals surface area contributed by atoms with Crippen LogP contribution in [0.2, 0.25) is 0 Å². The minimum absolute atomic E-state index is 0.0747. The highest BCUT2D eigenvalue weighted by molar-refractivity contribution is 7.89. The van der Waals surface area contributed by atoms with E-state index in [4.69, 9.17) is 10.5 Å². The molecule has 0 bridgehead atoms. The fraction of sp³-hybridized carbons (Fsp3) is 0.600. The first-order valence-electron chi connectivity index (χ1n) is 7.37. The van der Waals surface area contributed by atoms with E-state index in [0.717, 1.165) is 24.0 Å². The predicted octanol–water partition coefficient (Wildman–Crippen LogP) is 1.09. The molecular formula is C15H22N2O3S. The van der Waals surface area contributed by atoms with Gasteiger partial charge < -0.3 is 10.5 Å². The van der Waals surface area contributed by atoms with Crippen LogP contribution in [0.4, 0.5) is 0 Å². The molecule has 3 rings (SSSR count). The van der Waals surface area contributed by atoms with Crippen molar-refractivity contribution in [2.75, 3.05) is 6.61 Å². The number of nitrogens with one attached hydrogen (secondary N) is 1. The van der Waals surface area contributed by atoms with Gasteiger partial charge in [0.05, 0.1) is 17.0 Å². The average Bonchev–Trinajstić information content (AvgIpc) is 2.44. The second-order valence-corrected chi connectivity index (χ2v) is 7.82. The van der Waals surface area contributed by atoms with Gasteiger partial charge in [0.1, 0.15) is 0 Å². The molecule has 6 heteroatoms. The van der Waals surface area contributed by atoms with E-state index in [0.29, 0.717) is 11.5 Å². The van der Waals surface area contributed by atoms with Gasteiger partial charge in [0.2, 0.25) is 10.0 Å². The highest BCUT2D eigenvalue weighted by Crippen LogP contribution is 2.37. The normalized spacial score (nSPS) is 32.3. The van der Waals surface area contributed by atoms with Crippen LogP contribution >= 0.6 is 0 Å². The van der Waals surface area contributed by atoms with E-state index in [-0.39, 0.29) is 24.1 Å². The van der Waals surface area contributed by atoms with E-state index in [1.54, 1.807) is 6.07 Å². The molecular weight excluding hydrogens is 288 g/mol. The van der Waals surface area contributed by atoms with Crippen molar-refractivity contribution in [3.05, 3.63) is 29.3 Å². The number of nitrogens with two attached hydrogens (primary N) is 1. The maximum atomic E-state index is 12.6. The summed E-state index contributed by atoms with van der Waals surface area (Å²) in [6.07, 6.45) is 1.95. The van der Waals surface area contributed by atoms with Gasteiger partial charge in [0, 0.05) is 18.6 Å². The second kappa shape index (κ2) is 5.35. The minimum Gasteiger partial charge on any atom is -0.376 e. The average molecular weight is 310 g/mol. The molecule has 0 spiro atoms. The smallest absolute Gasteiger partial charge is 0.241 e. The topological polar surface area (TPSA) is 81.4 Å². The van der Waals surface area contributed by atoms with Crippen LogP contribution in [0.5, 0.6) is 0 Å². The lowest BCUT2D eigenvalue weighted by Gasteiger charge is -2.52. The van der Waals surface area contributed by atoms with Crippen LogP contribution < -0.4 is 10.5 Å². The van der Waals surface area contributed by atoms with Gasteiger partial charge in [-0.1, -0.05) is 17.7 Å². The standard InChI is InChI=1S/C15H22N2O3S/c1-9-5-6-12(10(2)8-9)21(18,19)17-14-13(16)11-4-3-7-20-15(11)14/h5-6,8,11,13-15,17H,3-4,7,16H2,1-2H3. The van der Waals surface area contributed by atoms with Gasteiger partial charge in [-0.3, -0.25) is 0 Å². The number of fused-ring (bicyclic) bond motifs is 1. The maximum absolute atomic E-state index is 12.6. The van der Waals surface area contributed by atoms with Crippen molar-refractivity contribution in [2.24, 2.45) is 11.7 Å². The van der Waals surface area contributed by atoms with Gasteiger partial charge in [-0.15, -0.1) is 0 Å². The first kappa shape index (κ1) is 15.0. The van der Waals surface area contributed by atoms with Crippen LogP contribution in [0.25, 0.3) is 0 Å². The van der Waals surface area contributed by atoms with Crippen molar-refractivity contribution in [3.63, 3.8) is 0 Å². The molecule has 4 unspecified atom stereocenters. The third-order valence-corrected chi connectivity index (χ3v) is 6.21. The monoisotopic (exact) mass is 310 g/mol. The molecule has 1 aromatic carbocycles. The summed E-state index contributed by atoms with van der Waals surface area (Å²) >= 11 is 0. The second-order valence-electron chi connectivity index (χ2n) is 6.13. The summed E-state index contributed by atoms with van der Waals surface area (Å²) in [6, 6.07) is 4.85. The van der Waals surface area contributed by atoms with E-state index in [9.17, 15) is 8.42 Å². The van der Waals surface area contributed by atoms with E-state index in [1.165, 1.54) is 0 Å². The number of hydrogen-bond acceptors (Lipinski definition) is 4. The zero-order chi connectivity index (χ0) is 15.2. The van der Waals surface area contributed by atoms with Crippen LogP contribution in [-0.4, -0.2) is 33.2 Å². The van der Waals surface area contributed by atoms with Crippen molar-refractivity contribution in [2.45, 2.75) is 49.8 Å². The number of benzene rings is 1. The van der Waals surface area contributed by atoms with Gasteiger partial charge in [-0.25, -0.2) is 13.1 Å². The van der Waals surface area contributed by atoms with Gasteiger partial charge in [-0.2, -0.15) is 0 Å². The van der Waals surface area contributed by atoms with Crippen molar-refractivity contribution >= 4 is 10.0 Å². The number of hydrogen-bond donors (Lipinski definition) is 2. The Morgan fingerprint density at radius 2 is 2.10 bits per heavy atom. The summed E-state index contributed by atoms with van der Waals surface area (Å²) in [5.74, 6) is 0.283. The largest absolute Gasteiger partial charge is 0.376 e. The third kappa shape index (κ3) is 2.61. The SMILES string of the molecule is Cc1ccc(S(=O)(=O)NC2C(N)C3CCCOC32)c(C)c1. The highest BCUT2D eigenvalue weighted by atomic mass is 32.2. The van der Waals surface area contributed by atoms with Crippen LogP contribution in [0.1, 0.15) is 24.0 Å².